The van der Waals surface area contributed by atoms with Crippen molar-refractivity contribution in [3.63, 3.8) is 0 Å². The van der Waals surface area contributed by atoms with Gasteiger partial charge in [-0.3, -0.25) is 4.79 Å². The van der Waals surface area contributed by atoms with Crippen molar-refractivity contribution in [1.29, 1.82) is 0 Å². The summed E-state index contributed by atoms with van der Waals surface area (Å²) >= 11 is 0. The van der Waals surface area contributed by atoms with Crippen LogP contribution in [0.5, 0.6) is 0 Å². The predicted octanol–water partition coefficient (Wildman–Crippen LogP) is 1.89. The van der Waals surface area contributed by atoms with Crippen LogP contribution in [0, 0.1) is 5.92 Å². The maximum atomic E-state index is 11.8. The van der Waals surface area contributed by atoms with E-state index in [4.69, 9.17) is 4.74 Å². The Morgan fingerprint density at radius 1 is 1.33 bits per heavy atom. The van der Waals surface area contributed by atoms with Crippen LogP contribution in [0.4, 0.5) is 0 Å². The van der Waals surface area contributed by atoms with E-state index in [1.807, 2.05) is 6.92 Å². The molecular formula is C14H30N2O2. The zero-order chi connectivity index (χ0) is 14.5. The van der Waals surface area contributed by atoms with Crippen LogP contribution in [-0.2, 0) is 9.53 Å². The average Bonchev–Trinajstić information content (AvgIpc) is 2.35. The molecule has 0 saturated heterocycles. The monoisotopic (exact) mass is 258 g/mol. The molecule has 4 heteroatoms. The summed E-state index contributed by atoms with van der Waals surface area (Å²) in [6.45, 7) is 10.7. The minimum absolute atomic E-state index is 0.206. The lowest BCUT2D eigenvalue weighted by molar-refractivity contribution is -0.148. The smallest absolute Gasteiger partial charge is 0.325 e. The third-order valence-corrected chi connectivity index (χ3v) is 4.19. The number of hydrogen-bond acceptors (Lipinski definition) is 4. The second-order valence-corrected chi connectivity index (χ2v) is 5.78. The Kier molecular flexibility index (Phi) is 6.86. The van der Waals surface area contributed by atoms with Crippen LogP contribution < -0.4 is 5.32 Å². The molecule has 0 amide bonds. The summed E-state index contributed by atoms with van der Waals surface area (Å²) < 4.78 is 4.87. The van der Waals surface area contributed by atoms with Gasteiger partial charge in [-0.1, -0.05) is 13.8 Å². The number of esters is 1. The largest absolute Gasteiger partial charge is 0.468 e. The molecule has 0 aliphatic heterocycles. The van der Waals surface area contributed by atoms with E-state index >= 15 is 0 Å². The molecule has 0 aromatic carbocycles. The van der Waals surface area contributed by atoms with Crippen LogP contribution >= 0.6 is 0 Å². The number of likely N-dealkylation sites (N-methyl/N-ethyl adjacent to an activating group) is 1. The van der Waals surface area contributed by atoms with E-state index in [0.29, 0.717) is 18.0 Å². The van der Waals surface area contributed by atoms with Gasteiger partial charge in [0, 0.05) is 12.1 Å². The molecule has 0 fully saturated rings. The SMILES string of the molecule is CNC(C)(CC(C)N(C)C(C)C(C)C)C(=O)OC. The highest BCUT2D eigenvalue weighted by Crippen LogP contribution is 2.20. The Bertz CT molecular complexity index is 269. The molecule has 0 aliphatic carbocycles. The molecule has 0 aromatic heterocycles. The molecule has 18 heavy (non-hydrogen) atoms. The highest BCUT2D eigenvalue weighted by molar-refractivity contribution is 5.80. The summed E-state index contributed by atoms with van der Waals surface area (Å²) in [7, 11) is 5.35. The first-order chi connectivity index (χ1) is 8.19. The Morgan fingerprint density at radius 3 is 2.17 bits per heavy atom. The van der Waals surface area contributed by atoms with Gasteiger partial charge in [0.25, 0.3) is 0 Å². The van der Waals surface area contributed by atoms with Crippen LogP contribution in [0.25, 0.3) is 0 Å². The summed E-state index contributed by atoms with van der Waals surface area (Å²) in [5, 5.41) is 3.08. The van der Waals surface area contributed by atoms with Crippen molar-refractivity contribution in [3.05, 3.63) is 0 Å². The minimum Gasteiger partial charge on any atom is -0.468 e. The van der Waals surface area contributed by atoms with Crippen LogP contribution in [-0.4, -0.2) is 49.7 Å². The van der Waals surface area contributed by atoms with E-state index in [1.54, 1.807) is 7.05 Å². The molecule has 108 valence electrons. The van der Waals surface area contributed by atoms with Crippen molar-refractivity contribution in [3.8, 4) is 0 Å². The lowest BCUT2D eigenvalue weighted by atomic mass is 9.91. The molecule has 0 aromatic rings. The van der Waals surface area contributed by atoms with Gasteiger partial charge >= 0.3 is 5.97 Å². The highest BCUT2D eigenvalue weighted by Gasteiger charge is 2.35. The Balaban J connectivity index is 4.71. The Hall–Kier alpha value is -0.610. The molecule has 3 atom stereocenters. The van der Waals surface area contributed by atoms with Crippen LogP contribution in [0.15, 0.2) is 0 Å². The first-order valence-electron chi connectivity index (χ1n) is 6.68. The van der Waals surface area contributed by atoms with Crippen molar-refractivity contribution in [1.82, 2.24) is 10.2 Å². The summed E-state index contributed by atoms with van der Waals surface area (Å²) in [4.78, 5) is 14.1. The standard InChI is InChI=1S/C14H30N2O2/c1-10(2)12(4)16(7)11(3)9-14(5,15-6)13(17)18-8/h10-12,15H,9H2,1-8H3. The molecule has 0 heterocycles. The summed E-state index contributed by atoms with van der Waals surface area (Å²) in [5.74, 6) is 0.388. The molecule has 0 radical (unpaired) electrons. The fraction of sp³-hybridized carbons (Fsp3) is 0.929. The zero-order valence-electron chi connectivity index (χ0n) is 13.2. The zero-order valence-corrected chi connectivity index (χ0v) is 13.2. The fourth-order valence-electron chi connectivity index (χ4n) is 2.12. The molecule has 0 spiro atoms. The molecule has 0 rings (SSSR count). The Morgan fingerprint density at radius 2 is 1.83 bits per heavy atom. The van der Waals surface area contributed by atoms with Crippen LogP contribution in [0.3, 0.4) is 0 Å². The third kappa shape index (κ3) is 4.25. The third-order valence-electron chi connectivity index (χ3n) is 4.19. The van der Waals surface area contributed by atoms with E-state index in [-0.39, 0.29) is 5.97 Å². The molecule has 4 nitrogen and oxygen atoms in total. The van der Waals surface area contributed by atoms with E-state index in [9.17, 15) is 4.79 Å². The normalized spacial score (nSPS) is 18.6. The number of ether oxygens (including phenoxy) is 1. The van der Waals surface area contributed by atoms with Gasteiger partial charge in [0.2, 0.25) is 0 Å². The molecular weight excluding hydrogens is 228 g/mol. The van der Waals surface area contributed by atoms with Crippen molar-refractivity contribution < 1.29 is 9.53 Å². The number of methoxy groups -OCH3 is 1. The fourth-order valence-corrected chi connectivity index (χ4v) is 2.12. The number of nitrogens with one attached hydrogen (secondary N) is 1. The predicted molar refractivity (Wildman–Crippen MR) is 75.6 cm³/mol. The molecule has 0 aliphatic rings. The quantitative estimate of drug-likeness (QED) is 0.708. The van der Waals surface area contributed by atoms with Crippen LogP contribution in [0.2, 0.25) is 0 Å². The van der Waals surface area contributed by atoms with Gasteiger partial charge in [-0.15, -0.1) is 0 Å². The van der Waals surface area contributed by atoms with Gasteiger partial charge in [-0.2, -0.15) is 0 Å². The maximum Gasteiger partial charge on any atom is 0.325 e. The number of rotatable bonds is 7. The molecule has 0 bridgehead atoms. The first kappa shape index (κ1) is 17.4. The van der Waals surface area contributed by atoms with E-state index in [2.05, 4.69) is 45.0 Å². The van der Waals surface area contributed by atoms with Crippen molar-refractivity contribution in [2.75, 3.05) is 21.2 Å². The summed E-state index contributed by atoms with van der Waals surface area (Å²) in [6.07, 6.45) is 0.726. The highest BCUT2D eigenvalue weighted by atomic mass is 16.5. The molecule has 1 N–H and O–H groups in total. The average molecular weight is 258 g/mol. The number of nitrogens with zero attached hydrogens (tertiary/aromatic N) is 1. The van der Waals surface area contributed by atoms with Crippen LogP contribution in [0.1, 0.15) is 41.0 Å². The summed E-state index contributed by atoms with van der Waals surface area (Å²) in [6, 6.07) is 0.790. The second kappa shape index (κ2) is 7.10. The lowest BCUT2D eigenvalue weighted by Gasteiger charge is -2.37. The van der Waals surface area contributed by atoms with Crippen molar-refractivity contribution in [2.24, 2.45) is 5.92 Å². The van der Waals surface area contributed by atoms with Gasteiger partial charge in [-0.05, 0) is 47.2 Å². The minimum atomic E-state index is -0.626. The molecule has 3 unspecified atom stereocenters. The van der Waals surface area contributed by atoms with Gasteiger partial charge in [0.05, 0.1) is 7.11 Å². The van der Waals surface area contributed by atoms with Gasteiger partial charge in [-0.25, -0.2) is 0 Å². The van der Waals surface area contributed by atoms with Gasteiger partial charge < -0.3 is 15.0 Å². The van der Waals surface area contributed by atoms with E-state index < -0.39 is 5.54 Å². The second-order valence-electron chi connectivity index (χ2n) is 5.78. The molecule has 0 saturated carbocycles. The number of carbonyl (C=O) groups excluding carboxylic acids is 1. The van der Waals surface area contributed by atoms with E-state index in [0.717, 1.165) is 6.42 Å². The van der Waals surface area contributed by atoms with Gasteiger partial charge in [0.1, 0.15) is 5.54 Å². The number of hydrogen-bond donors (Lipinski definition) is 1. The number of carbonyl (C=O) groups is 1. The van der Waals surface area contributed by atoms with Crippen molar-refractivity contribution in [2.45, 2.75) is 58.7 Å². The topological polar surface area (TPSA) is 41.6 Å². The van der Waals surface area contributed by atoms with Gasteiger partial charge in [0.15, 0.2) is 0 Å². The Labute approximate surface area is 112 Å². The van der Waals surface area contributed by atoms with Crippen molar-refractivity contribution >= 4 is 5.97 Å². The lowest BCUT2D eigenvalue weighted by Crippen LogP contribution is -2.53. The maximum absolute atomic E-state index is 11.8. The summed E-state index contributed by atoms with van der Waals surface area (Å²) in [5.41, 5.74) is -0.626. The van der Waals surface area contributed by atoms with E-state index in [1.165, 1.54) is 7.11 Å². The first-order valence-corrected chi connectivity index (χ1v) is 6.68.